The lowest BCUT2D eigenvalue weighted by Gasteiger charge is -2.16. The molecule has 0 saturated carbocycles. The molecule has 1 aromatic heterocycles. The van der Waals surface area contributed by atoms with Crippen LogP contribution in [0.1, 0.15) is 6.42 Å². The Morgan fingerprint density at radius 3 is 2.94 bits per heavy atom. The highest BCUT2D eigenvalue weighted by Crippen LogP contribution is 2.24. The number of nitrogens with one attached hydrogen (secondary N) is 1. The van der Waals surface area contributed by atoms with E-state index in [9.17, 15) is 10.1 Å². The second kappa shape index (κ2) is 5.60. The maximum Gasteiger partial charge on any atom is 0.329 e. The van der Waals surface area contributed by atoms with Crippen LogP contribution < -0.4 is 10.2 Å². The van der Waals surface area contributed by atoms with Crippen LogP contribution in [0.25, 0.3) is 0 Å². The number of nitriles is 1. The van der Waals surface area contributed by atoms with Crippen molar-refractivity contribution in [3.8, 4) is 6.07 Å². The molecule has 0 atom stereocenters. The molecule has 8 heteroatoms. The average Bonchev–Trinajstić information content (AvgIpc) is 2.34. The highest BCUT2D eigenvalue weighted by atomic mass is 16.6. The molecule has 1 N–H and O–H groups in total. The molecule has 0 radical (unpaired) electrons. The zero-order valence-corrected chi connectivity index (χ0v) is 9.54. The summed E-state index contributed by atoms with van der Waals surface area (Å²) in [7, 11) is 3.27. The van der Waals surface area contributed by atoms with E-state index in [1.54, 1.807) is 19.0 Å². The van der Waals surface area contributed by atoms with E-state index >= 15 is 0 Å². The quantitative estimate of drug-likeness (QED) is 0.594. The van der Waals surface area contributed by atoms with Gasteiger partial charge in [-0.1, -0.05) is 0 Å². The molecule has 90 valence electrons. The minimum Gasteiger partial charge on any atom is -0.357 e. The van der Waals surface area contributed by atoms with E-state index < -0.39 is 4.92 Å². The molecule has 17 heavy (non-hydrogen) atoms. The largest absolute Gasteiger partial charge is 0.357 e. The van der Waals surface area contributed by atoms with Crippen molar-refractivity contribution < 1.29 is 4.92 Å². The van der Waals surface area contributed by atoms with Gasteiger partial charge in [-0.15, -0.1) is 0 Å². The minimum absolute atomic E-state index is 0.176. The van der Waals surface area contributed by atoms with Crippen molar-refractivity contribution in [2.45, 2.75) is 6.42 Å². The third kappa shape index (κ3) is 3.01. The van der Waals surface area contributed by atoms with Crippen LogP contribution in [0.5, 0.6) is 0 Å². The number of hydrogen-bond acceptors (Lipinski definition) is 7. The highest BCUT2D eigenvalue weighted by molar-refractivity contribution is 5.58. The number of nitrogens with zero attached hydrogens (tertiary/aromatic N) is 5. The van der Waals surface area contributed by atoms with Gasteiger partial charge < -0.3 is 10.2 Å². The first-order valence-electron chi connectivity index (χ1n) is 4.87. The van der Waals surface area contributed by atoms with Gasteiger partial charge in [-0.3, -0.25) is 10.1 Å². The first kappa shape index (κ1) is 12.6. The summed E-state index contributed by atoms with van der Waals surface area (Å²) in [6, 6.07) is 1.98. The lowest BCUT2D eigenvalue weighted by molar-refractivity contribution is -0.384. The van der Waals surface area contributed by atoms with Crippen LogP contribution in [0.15, 0.2) is 6.20 Å². The van der Waals surface area contributed by atoms with E-state index in [0.29, 0.717) is 12.5 Å². The van der Waals surface area contributed by atoms with Gasteiger partial charge in [0.05, 0.1) is 17.4 Å². The second-order valence-electron chi connectivity index (χ2n) is 3.24. The smallest absolute Gasteiger partial charge is 0.329 e. The van der Waals surface area contributed by atoms with Crippen LogP contribution in [0.2, 0.25) is 0 Å². The summed E-state index contributed by atoms with van der Waals surface area (Å²) in [6.45, 7) is 0.373. The predicted molar refractivity (Wildman–Crippen MR) is 61.7 cm³/mol. The predicted octanol–water partition coefficient (Wildman–Crippen LogP) is 0.776. The fourth-order valence-corrected chi connectivity index (χ4v) is 1.22. The van der Waals surface area contributed by atoms with Crippen molar-refractivity contribution in [1.29, 1.82) is 5.26 Å². The van der Waals surface area contributed by atoms with E-state index in [1.807, 2.05) is 6.07 Å². The number of anilines is 2. The molecule has 0 aliphatic heterocycles. The van der Waals surface area contributed by atoms with Crippen LogP contribution in [0, 0.1) is 21.4 Å². The Labute approximate surface area is 98.1 Å². The van der Waals surface area contributed by atoms with Crippen molar-refractivity contribution >= 4 is 17.5 Å². The maximum atomic E-state index is 10.8. The molecule has 1 heterocycles. The van der Waals surface area contributed by atoms with Gasteiger partial charge in [-0.05, 0) is 0 Å². The Bertz CT molecular complexity index is 455. The number of hydrogen-bond donors (Lipinski definition) is 1. The van der Waals surface area contributed by atoms with Crippen LogP contribution in [0.4, 0.5) is 17.5 Å². The zero-order valence-electron chi connectivity index (χ0n) is 9.54. The number of nitro groups is 1. The SMILES string of the molecule is CNc1ncc([N+](=O)[O-])c(N(C)CCC#N)n1. The summed E-state index contributed by atoms with van der Waals surface area (Å²) in [5.41, 5.74) is -0.176. The molecule has 1 rings (SSSR count). The Kier molecular flexibility index (Phi) is 4.16. The van der Waals surface area contributed by atoms with Crippen LogP contribution >= 0.6 is 0 Å². The molecule has 0 aliphatic carbocycles. The van der Waals surface area contributed by atoms with Gasteiger partial charge in [0.15, 0.2) is 0 Å². The highest BCUT2D eigenvalue weighted by Gasteiger charge is 2.20. The molecule has 0 amide bonds. The van der Waals surface area contributed by atoms with Crippen molar-refractivity contribution in [3.63, 3.8) is 0 Å². The minimum atomic E-state index is -0.544. The zero-order chi connectivity index (χ0) is 12.8. The van der Waals surface area contributed by atoms with Gasteiger partial charge in [0.2, 0.25) is 11.8 Å². The Morgan fingerprint density at radius 1 is 1.71 bits per heavy atom. The molecule has 0 spiro atoms. The van der Waals surface area contributed by atoms with E-state index in [-0.39, 0.29) is 17.9 Å². The fourth-order valence-electron chi connectivity index (χ4n) is 1.22. The van der Waals surface area contributed by atoms with Gasteiger partial charge >= 0.3 is 5.69 Å². The van der Waals surface area contributed by atoms with Crippen LogP contribution in [-0.4, -0.2) is 35.5 Å². The Balaban J connectivity index is 3.08. The van der Waals surface area contributed by atoms with E-state index in [4.69, 9.17) is 5.26 Å². The molecule has 8 nitrogen and oxygen atoms in total. The van der Waals surface area contributed by atoms with E-state index in [0.717, 1.165) is 6.20 Å². The summed E-state index contributed by atoms with van der Waals surface area (Å²) in [6.07, 6.45) is 1.42. The lowest BCUT2D eigenvalue weighted by Crippen LogP contribution is -2.21. The lowest BCUT2D eigenvalue weighted by atomic mass is 10.4. The summed E-state index contributed by atoms with van der Waals surface area (Å²) in [4.78, 5) is 19.6. The third-order valence-electron chi connectivity index (χ3n) is 2.09. The fraction of sp³-hybridized carbons (Fsp3) is 0.444. The van der Waals surface area contributed by atoms with Gasteiger partial charge in [-0.25, -0.2) is 4.98 Å². The van der Waals surface area contributed by atoms with Crippen molar-refractivity contribution in [3.05, 3.63) is 16.3 Å². The monoisotopic (exact) mass is 236 g/mol. The molecule has 1 aromatic rings. The number of rotatable bonds is 5. The first-order chi connectivity index (χ1) is 8.10. The maximum absolute atomic E-state index is 10.8. The molecule has 0 aromatic carbocycles. The Hall–Kier alpha value is -2.43. The normalized spacial score (nSPS) is 9.47. The van der Waals surface area contributed by atoms with Crippen molar-refractivity contribution in [1.82, 2.24) is 9.97 Å². The van der Waals surface area contributed by atoms with Gasteiger partial charge in [0.25, 0.3) is 0 Å². The summed E-state index contributed by atoms with van der Waals surface area (Å²) >= 11 is 0. The average molecular weight is 236 g/mol. The van der Waals surface area contributed by atoms with Crippen LogP contribution in [-0.2, 0) is 0 Å². The molecule has 0 unspecified atom stereocenters. The molecule has 0 aliphatic rings. The van der Waals surface area contributed by atoms with E-state index in [1.165, 1.54) is 0 Å². The van der Waals surface area contributed by atoms with Gasteiger partial charge in [-0.2, -0.15) is 10.2 Å². The molecule has 0 fully saturated rings. The second-order valence-corrected chi connectivity index (χ2v) is 3.24. The van der Waals surface area contributed by atoms with E-state index in [2.05, 4.69) is 15.3 Å². The standard InChI is InChI=1S/C9H12N6O2/c1-11-9-12-6-7(15(16)17)8(13-9)14(2)5-3-4-10/h6H,3,5H2,1-2H3,(H,11,12,13). The van der Waals surface area contributed by atoms with Gasteiger partial charge in [0, 0.05) is 20.6 Å². The summed E-state index contributed by atoms with van der Waals surface area (Å²) < 4.78 is 0. The Morgan fingerprint density at radius 2 is 2.41 bits per heavy atom. The summed E-state index contributed by atoms with van der Waals surface area (Å²) in [5, 5.41) is 22.0. The van der Waals surface area contributed by atoms with Gasteiger partial charge in [0.1, 0.15) is 6.20 Å². The topological polar surface area (TPSA) is 108 Å². The first-order valence-corrected chi connectivity index (χ1v) is 4.87. The summed E-state index contributed by atoms with van der Waals surface area (Å²) in [5.74, 6) is 0.499. The third-order valence-corrected chi connectivity index (χ3v) is 2.09. The molecular formula is C9H12N6O2. The molecule has 0 bridgehead atoms. The van der Waals surface area contributed by atoms with Crippen LogP contribution in [0.3, 0.4) is 0 Å². The number of aromatic nitrogens is 2. The van der Waals surface area contributed by atoms with Crippen molar-refractivity contribution in [2.75, 3.05) is 30.9 Å². The molecule has 0 saturated heterocycles. The molecular weight excluding hydrogens is 224 g/mol. The van der Waals surface area contributed by atoms with Crippen molar-refractivity contribution in [2.24, 2.45) is 0 Å².